The van der Waals surface area contributed by atoms with Crippen LogP contribution in [0.5, 0.6) is 0 Å². The number of ether oxygens (including phenoxy) is 2. The molecule has 0 aliphatic carbocycles. The zero-order valence-corrected chi connectivity index (χ0v) is 12.5. The first-order valence-corrected chi connectivity index (χ1v) is 6.91. The van der Waals surface area contributed by atoms with E-state index in [1.54, 1.807) is 39.0 Å². The third kappa shape index (κ3) is 2.18. The molecule has 1 unspecified atom stereocenters. The normalized spacial score (nSPS) is 20.1. The molecule has 1 atom stereocenters. The van der Waals surface area contributed by atoms with Crippen LogP contribution in [-0.2, 0) is 19.7 Å². The molecule has 0 saturated heterocycles. The Morgan fingerprint density at radius 1 is 1.19 bits per heavy atom. The highest BCUT2D eigenvalue weighted by atomic mass is 16.6. The number of para-hydroxylation sites is 1. The summed E-state index contributed by atoms with van der Waals surface area (Å²) in [6.45, 7) is 9.64. The molecule has 1 aromatic carbocycles. The van der Waals surface area contributed by atoms with Crippen LogP contribution >= 0.6 is 0 Å². The summed E-state index contributed by atoms with van der Waals surface area (Å²) in [5.74, 6) is -0.422. The maximum absolute atomic E-state index is 12.4. The van der Waals surface area contributed by atoms with E-state index in [2.05, 4.69) is 6.58 Å². The summed E-state index contributed by atoms with van der Waals surface area (Å²) in [6.07, 6.45) is -0.539. The Kier molecular flexibility index (Phi) is 4.02. The van der Waals surface area contributed by atoms with Gasteiger partial charge in [0.1, 0.15) is 5.41 Å². The third-order valence-corrected chi connectivity index (χ3v) is 3.66. The molecule has 0 aromatic heterocycles. The first-order chi connectivity index (χ1) is 9.98. The number of hydrogen-bond acceptors (Lipinski definition) is 4. The third-order valence-electron chi connectivity index (χ3n) is 3.66. The molecule has 0 fully saturated rings. The number of rotatable bonds is 3. The predicted octanol–water partition coefficient (Wildman–Crippen LogP) is 3.00. The molecule has 1 amide bonds. The van der Waals surface area contributed by atoms with Gasteiger partial charge in [-0.15, -0.1) is 0 Å². The number of fused-ring (bicyclic) bond motifs is 1. The van der Waals surface area contributed by atoms with Gasteiger partial charge in [-0.25, -0.2) is 9.69 Å². The molecule has 5 nitrogen and oxygen atoms in total. The summed E-state index contributed by atoms with van der Waals surface area (Å²) in [5.41, 5.74) is 0.568. The van der Waals surface area contributed by atoms with Crippen LogP contribution in [0.1, 0.15) is 26.3 Å². The summed E-state index contributed by atoms with van der Waals surface area (Å²) in [4.78, 5) is 25.9. The highest BCUT2D eigenvalue weighted by molar-refractivity contribution is 6.03. The number of amides is 1. The van der Waals surface area contributed by atoms with E-state index in [4.69, 9.17) is 9.47 Å². The first kappa shape index (κ1) is 15.1. The second-order valence-electron chi connectivity index (χ2n) is 4.84. The van der Waals surface area contributed by atoms with Crippen LogP contribution in [0.4, 0.5) is 10.5 Å². The minimum absolute atomic E-state index is 0.251. The largest absolute Gasteiger partial charge is 0.465 e. The van der Waals surface area contributed by atoms with Gasteiger partial charge in [-0.2, -0.15) is 0 Å². The van der Waals surface area contributed by atoms with Crippen molar-refractivity contribution in [3.8, 4) is 0 Å². The monoisotopic (exact) mass is 289 g/mol. The van der Waals surface area contributed by atoms with E-state index < -0.39 is 17.5 Å². The number of anilines is 1. The van der Waals surface area contributed by atoms with Gasteiger partial charge in [0, 0.05) is 5.70 Å². The molecule has 1 aliphatic rings. The molecule has 0 radical (unpaired) electrons. The summed E-state index contributed by atoms with van der Waals surface area (Å²) in [7, 11) is 0. The minimum atomic E-state index is -1.08. The standard InChI is InChI=1S/C16H19NO4/c1-5-20-14(18)16(4)11(3)17(15(19)21-6-2)13-10-8-7-9-12(13)16/h7-10H,3,5-6H2,1-2,4H3. The average Bonchev–Trinajstić information content (AvgIpc) is 2.70. The van der Waals surface area contributed by atoms with E-state index in [1.807, 2.05) is 6.07 Å². The summed E-state index contributed by atoms with van der Waals surface area (Å²) >= 11 is 0. The van der Waals surface area contributed by atoms with Gasteiger partial charge in [0.25, 0.3) is 0 Å². The Morgan fingerprint density at radius 3 is 2.43 bits per heavy atom. The second-order valence-corrected chi connectivity index (χ2v) is 4.84. The number of esters is 1. The fourth-order valence-electron chi connectivity index (χ4n) is 2.52. The van der Waals surface area contributed by atoms with E-state index in [0.717, 1.165) is 0 Å². The van der Waals surface area contributed by atoms with Crippen LogP contribution in [0.15, 0.2) is 36.5 Å². The van der Waals surface area contributed by atoms with Gasteiger partial charge in [0.15, 0.2) is 0 Å². The molecule has 0 bridgehead atoms. The molecule has 21 heavy (non-hydrogen) atoms. The highest BCUT2D eigenvalue weighted by Gasteiger charge is 2.51. The van der Waals surface area contributed by atoms with E-state index in [1.165, 1.54) is 4.90 Å². The predicted molar refractivity (Wildman–Crippen MR) is 79.1 cm³/mol. The zero-order valence-electron chi connectivity index (χ0n) is 12.5. The molecule has 112 valence electrons. The minimum Gasteiger partial charge on any atom is -0.465 e. The van der Waals surface area contributed by atoms with Crippen LogP contribution in [0, 0.1) is 0 Å². The Labute approximate surface area is 124 Å². The molecule has 5 heteroatoms. The number of carbonyl (C=O) groups excluding carboxylic acids is 2. The maximum Gasteiger partial charge on any atom is 0.418 e. The molecule has 0 N–H and O–H groups in total. The van der Waals surface area contributed by atoms with Gasteiger partial charge in [-0.1, -0.05) is 24.8 Å². The lowest BCUT2D eigenvalue weighted by atomic mass is 9.82. The molecule has 1 aromatic rings. The summed E-state index contributed by atoms with van der Waals surface area (Å²) in [6, 6.07) is 7.19. The van der Waals surface area contributed by atoms with Gasteiger partial charge >= 0.3 is 12.1 Å². The number of benzene rings is 1. The van der Waals surface area contributed by atoms with Crippen molar-refractivity contribution >= 4 is 17.7 Å². The SMILES string of the molecule is C=C1N(C(=O)OCC)c2ccccc2C1(C)C(=O)OCC. The molecule has 2 rings (SSSR count). The van der Waals surface area contributed by atoms with E-state index >= 15 is 0 Å². The van der Waals surface area contributed by atoms with Crippen molar-refractivity contribution < 1.29 is 19.1 Å². The Balaban J connectivity index is 2.54. The molecular formula is C16H19NO4. The van der Waals surface area contributed by atoms with Gasteiger partial charge in [0.2, 0.25) is 0 Å². The Hall–Kier alpha value is -2.30. The summed E-state index contributed by atoms with van der Waals surface area (Å²) < 4.78 is 10.2. The van der Waals surface area contributed by atoms with Crippen molar-refractivity contribution in [2.24, 2.45) is 0 Å². The lowest BCUT2D eigenvalue weighted by Gasteiger charge is -2.25. The summed E-state index contributed by atoms with van der Waals surface area (Å²) in [5, 5.41) is 0. The van der Waals surface area contributed by atoms with Crippen LogP contribution in [0.2, 0.25) is 0 Å². The number of nitrogens with zero attached hydrogens (tertiary/aromatic N) is 1. The van der Waals surface area contributed by atoms with Crippen LogP contribution in [0.25, 0.3) is 0 Å². The average molecular weight is 289 g/mol. The fraction of sp³-hybridized carbons (Fsp3) is 0.375. The topological polar surface area (TPSA) is 55.8 Å². The molecule has 0 spiro atoms. The lowest BCUT2D eigenvalue weighted by Crippen LogP contribution is -2.39. The quantitative estimate of drug-likeness (QED) is 0.803. The van der Waals surface area contributed by atoms with Crippen molar-refractivity contribution in [1.82, 2.24) is 0 Å². The van der Waals surface area contributed by atoms with Gasteiger partial charge in [-0.3, -0.25) is 4.79 Å². The molecule has 0 saturated carbocycles. The van der Waals surface area contributed by atoms with Gasteiger partial charge < -0.3 is 9.47 Å². The van der Waals surface area contributed by atoms with Crippen molar-refractivity contribution in [2.45, 2.75) is 26.2 Å². The van der Waals surface area contributed by atoms with Crippen LogP contribution < -0.4 is 4.90 Å². The molecular weight excluding hydrogens is 270 g/mol. The zero-order chi connectivity index (χ0) is 15.6. The van der Waals surface area contributed by atoms with Crippen molar-refractivity contribution in [1.29, 1.82) is 0 Å². The van der Waals surface area contributed by atoms with Crippen molar-refractivity contribution in [3.63, 3.8) is 0 Å². The molecule has 1 aliphatic heterocycles. The number of hydrogen-bond donors (Lipinski definition) is 0. The van der Waals surface area contributed by atoms with Gasteiger partial charge in [-0.05, 0) is 32.4 Å². The van der Waals surface area contributed by atoms with Gasteiger partial charge in [0.05, 0.1) is 18.9 Å². The second kappa shape index (κ2) is 5.60. The Bertz CT molecular complexity index is 596. The van der Waals surface area contributed by atoms with Crippen molar-refractivity contribution in [2.75, 3.05) is 18.1 Å². The maximum atomic E-state index is 12.4. The smallest absolute Gasteiger partial charge is 0.418 e. The van der Waals surface area contributed by atoms with E-state index in [-0.39, 0.29) is 13.2 Å². The highest BCUT2D eigenvalue weighted by Crippen LogP contribution is 2.48. The number of carbonyl (C=O) groups is 2. The van der Waals surface area contributed by atoms with Crippen molar-refractivity contribution in [3.05, 3.63) is 42.1 Å². The van der Waals surface area contributed by atoms with Crippen LogP contribution in [-0.4, -0.2) is 25.3 Å². The molecule has 1 heterocycles. The van der Waals surface area contributed by atoms with E-state index in [0.29, 0.717) is 16.9 Å². The van der Waals surface area contributed by atoms with Crippen LogP contribution in [0.3, 0.4) is 0 Å². The lowest BCUT2D eigenvalue weighted by molar-refractivity contribution is -0.147. The Morgan fingerprint density at radius 2 is 1.81 bits per heavy atom. The van der Waals surface area contributed by atoms with E-state index in [9.17, 15) is 9.59 Å². The first-order valence-electron chi connectivity index (χ1n) is 6.91. The fourth-order valence-corrected chi connectivity index (χ4v) is 2.52.